The van der Waals surface area contributed by atoms with E-state index in [2.05, 4.69) is 86.6 Å². The molecule has 0 radical (unpaired) electrons. The van der Waals surface area contributed by atoms with Crippen LogP contribution in [0.15, 0.2) is 84.9 Å². The summed E-state index contributed by atoms with van der Waals surface area (Å²) >= 11 is 0. The van der Waals surface area contributed by atoms with Crippen molar-refractivity contribution in [2.24, 2.45) is 0 Å². The number of halogens is 2. The Morgan fingerprint density at radius 1 is 0.483 bits per heavy atom. The van der Waals surface area contributed by atoms with Gasteiger partial charge in [-0.05, 0) is 158 Å². The maximum absolute atomic E-state index is 15.5. The third-order valence-corrected chi connectivity index (χ3v) is 13.3. The smallest absolute Gasteiger partial charge is 0.335 e. The number of aromatic carboxylic acids is 2. The average Bonchev–Trinajstić information content (AvgIpc) is 3.15. The lowest BCUT2D eigenvalue weighted by atomic mass is 9.62. The second-order valence-electron chi connectivity index (χ2n) is 19.3. The van der Waals surface area contributed by atoms with E-state index in [9.17, 15) is 24.2 Å². The van der Waals surface area contributed by atoms with Crippen molar-refractivity contribution in [3.05, 3.63) is 141 Å². The van der Waals surface area contributed by atoms with Crippen LogP contribution in [0, 0.1) is 25.5 Å². The Bertz CT molecular complexity index is 2660. The predicted octanol–water partition coefficient (Wildman–Crippen LogP) is 14.0. The number of carboxylic acids is 2. The van der Waals surface area contributed by atoms with E-state index in [0.29, 0.717) is 27.1 Å². The molecule has 0 unspecified atom stereocenters. The molecule has 0 bridgehead atoms. The molecule has 6 aromatic carbocycles. The van der Waals surface area contributed by atoms with E-state index < -0.39 is 17.8 Å². The van der Waals surface area contributed by atoms with Gasteiger partial charge in [-0.1, -0.05) is 104 Å². The van der Waals surface area contributed by atoms with Crippen LogP contribution >= 0.6 is 0 Å². The van der Waals surface area contributed by atoms with Gasteiger partial charge in [-0.15, -0.1) is 0 Å². The fraction of sp³-hybridized carbons (Fsp3) is 0.346. The topological polar surface area (TPSA) is 74.6 Å². The number of hydrogen-bond acceptors (Lipinski definition) is 2. The van der Waals surface area contributed by atoms with Gasteiger partial charge in [0.25, 0.3) is 0 Å². The molecule has 2 aliphatic rings. The first-order chi connectivity index (χ1) is 27.0. The summed E-state index contributed by atoms with van der Waals surface area (Å²) in [6, 6.07) is 25.4. The van der Waals surface area contributed by atoms with Crippen molar-refractivity contribution in [2.75, 3.05) is 0 Å². The fourth-order valence-electron chi connectivity index (χ4n) is 9.28. The lowest BCUT2D eigenvalue weighted by Crippen LogP contribution is -2.34. The van der Waals surface area contributed by atoms with Crippen LogP contribution in [-0.2, 0) is 21.7 Å². The minimum atomic E-state index is -1.12. The van der Waals surface area contributed by atoms with Crippen LogP contribution in [0.4, 0.5) is 8.78 Å². The molecule has 0 fully saturated rings. The first kappa shape index (κ1) is 40.8. The van der Waals surface area contributed by atoms with Crippen LogP contribution in [0.5, 0.6) is 0 Å². The van der Waals surface area contributed by atoms with E-state index in [1.807, 2.05) is 31.2 Å². The van der Waals surface area contributed by atoms with Gasteiger partial charge in [-0.3, -0.25) is 0 Å². The van der Waals surface area contributed by atoms with Gasteiger partial charge in [0.2, 0.25) is 0 Å². The monoisotopic (exact) mass is 780 g/mol. The molecule has 0 saturated heterocycles. The van der Waals surface area contributed by atoms with E-state index >= 15 is 4.39 Å². The number of benzene rings is 6. The second kappa shape index (κ2) is 14.2. The number of aryl methyl sites for hydroxylation is 2. The number of carboxylic acid groups (broad SMARTS) is 2. The summed E-state index contributed by atoms with van der Waals surface area (Å²) in [6.45, 7) is 22.5. The van der Waals surface area contributed by atoms with Crippen molar-refractivity contribution in [2.45, 2.75) is 117 Å². The summed E-state index contributed by atoms with van der Waals surface area (Å²) in [6.07, 6.45) is 4.55. The van der Waals surface area contributed by atoms with Crippen molar-refractivity contribution < 1.29 is 28.6 Å². The molecule has 58 heavy (non-hydrogen) atoms. The summed E-state index contributed by atoms with van der Waals surface area (Å²) in [5, 5.41) is 20.5. The van der Waals surface area contributed by atoms with Crippen molar-refractivity contribution in [1.82, 2.24) is 0 Å². The molecule has 2 aliphatic carbocycles. The quantitative estimate of drug-likeness (QED) is 0.187. The summed E-state index contributed by atoms with van der Waals surface area (Å²) in [4.78, 5) is 22.4. The molecule has 300 valence electrons. The van der Waals surface area contributed by atoms with Crippen molar-refractivity contribution in [3.63, 3.8) is 0 Å². The lowest BCUT2D eigenvalue weighted by molar-refractivity contribution is 0.0686. The zero-order valence-corrected chi connectivity index (χ0v) is 35.4. The van der Waals surface area contributed by atoms with Crippen molar-refractivity contribution >= 4 is 33.5 Å². The molecule has 0 spiro atoms. The SMILES string of the molecule is Cc1cc2c(cc1-c1ccc3cc(C(=O)O)cc(F)c3c1)C(C)(C)CCC2(C)C.Cc1cc2c(cc1-c1ccc3cc(C(=O)O)ccc3c1F)C(C)(C)CCC2(C)C. The average molecular weight is 781 g/mol. The van der Waals surface area contributed by atoms with E-state index in [-0.39, 0.29) is 38.6 Å². The standard InChI is InChI=1S/2C26H27FO2/c1-15-12-21-22(26(4,5)11-10-25(21,2)3)14-20(15)19-9-6-16-13-17(24(28)29)7-8-18(16)23(19)27;1-15-10-21-22(26(4,5)9-8-25(21,2)3)14-19(15)17-7-6-16-11-18(24(28)29)13-23(27)20(16)12-17/h6-9,12-14H,10-11H2,1-5H3,(H,28,29);6-7,10-14H,8-9H2,1-5H3,(H,28,29). The summed E-state index contributed by atoms with van der Waals surface area (Å²) in [7, 11) is 0. The molecular weight excluding hydrogens is 727 g/mol. The zero-order chi connectivity index (χ0) is 42.3. The van der Waals surface area contributed by atoms with E-state index in [4.69, 9.17) is 0 Å². The maximum atomic E-state index is 15.5. The summed E-state index contributed by atoms with van der Waals surface area (Å²) in [5.41, 5.74) is 11.8. The highest BCUT2D eigenvalue weighted by Gasteiger charge is 2.39. The minimum Gasteiger partial charge on any atom is -0.478 e. The minimum absolute atomic E-state index is 0.0308. The number of carbonyl (C=O) groups is 2. The molecule has 0 aromatic heterocycles. The Hall–Kier alpha value is -5.36. The third kappa shape index (κ3) is 7.20. The van der Waals surface area contributed by atoms with Crippen LogP contribution in [0.25, 0.3) is 43.8 Å². The molecule has 2 N–H and O–H groups in total. The first-order valence-electron chi connectivity index (χ1n) is 20.2. The van der Waals surface area contributed by atoms with E-state index in [0.717, 1.165) is 47.6 Å². The van der Waals surface area contributed by atoms with Crippen LogP contribution in [0.3, 0.4) is 0 Å². The Morgan fingerprint density at radius 2 is 0.931 bits per heavy atom. The molecule has 0 atom stereocenters. The molecule has 0 aliphatic heterocycles. The molecule has 0 saturated carbocycles. The van der Waals surface area contributed by atoms with Gasteiger partial charge in [0, 0.05) is 16.3 Å². The molecule has 0 heterocycles. The van der Waals surface area contributed by atoms with Crippen molar-refractivity contribution in [1.29, 1.82) is 0 Å². The molecule has 4 nitrogen and oxygen atoms in total. The third-order valence-electron chi connectivity index (χ3n) is 13.3. The Balaban J connectivity index is 0.000000177. The number of hydrogen-bond donors (Lipinski definition) is 2. The number of rotatable bonds is 4. The highest BCUT2D eigenvalue weighted by molar-refractivity contribution is 5.97. The van der Waals surface area contributed by atoms with Gasteiger partial charge in [-0.2, -0.15) is 0 Å². The van der Waals surface area contributed by atoms with Gasteiger partial charge >= 0.3 is 11.9 Å². The highest BCUT2D eigenvalue weighted by Crippen LogP contribution is 2.49. The van der Waals surface area contributed by atoms with Gasteiger partial charge < -0.3 is 10.2 Å². The van der Waals surface area contributed by atoms with Gasteiger partial charge in [0.05, 0.1) is 11.1 Å². The maximum Gasteiger partial charge on any atom is 0.335 e. The van der Waals surface area contributed by atoms with Crippen LogP contribution in [0.2, 0.25) is 0 Å². The van der Waals surface area contributed by atoms with Crippen LogP contribution in [0.1, 0.15) is 135 Å². The summed E-state index contributed by atoms with van der Waals surface area (Å²) in [5.74, 6) is -2.92. The van der Waals surface area contributed by atoms with Crippen molar-refractivity contribution in [3.8, 4) is 22.3 Å². The van der Waals surface area contributed by atoms with Gasteiger partial charge in [-0.25, -0.2) is 18.4 Å². The molecule has 0 amide bonds. The molecular formula is C52H54F2O4. The highest BCUT2D eigenvalue weighted by atomic mass is 19.1. The normalized spacial score (nSPS) is 17.2. The van der Waals surface area contributed by atoms with E-state index in [1.165, 1.54) is 52.4 Å². The predicted molar refractivity (Wildman–Crippen MR) is 233 cm³/mol. The zero-order valence-electron chi connectivity index (χ0n) is 35.4. The second-order valence-corrected chi connectivity index (χ2v) is 19.3. The largest absolute Gasteiger partial charge is 0.478 e. The first-order valence-corrected chi connectivity index (χ1v) is 20.2. The number of fused-ring (bicyclic) bond motifs is 4. The Labute approximate surface area is 341 Å². The van der Waals surface area contributed by atoms with Gasteiger partial charge in [0.15, 0.2) is 0 Å². The Morgan fingerprint density at radius 3 is 1.47 bits per heavy atom. The van der Waals surface area contributed by atoms with Gasteiger partial charge in [0.1, 0.15) is 11.6 Å². The Kier molecular flexibility index (Phi) is 9.98. The molecule has 8 rings (SSSR count). The van der Waals surface area contributed by atoms with Crippen LogP contribution < -0.4 is 0 Å². The summed E-state index contributed by atoms with van der Waals surface area (Å²) < 4.78 is 30.1. The lowest BCUT2D eigenvalue weighted by Gasteiger charge is -2.42. The molecule has 6 aromatic rings. The van der Waals surface area contributed by atoms with Crippen LogP contribution in [-0.4, -0.2) is 22.2 Å². The van der Waals surface area contributed by atoms with E-state index in [1.54, 1.807) is 12.1 Å². The molecule has 6 heteroatoms. The fourth-order valence-corrected chi connectivity index (χ4v) is 9.28.